The van der Waals surface area contributed by atoms with Gasteiger partial charge in [0.25, 0.3) is 0 Å². The summed E-state index contributed by atoms with van der Waals surface area (Å²) in [4.78, 5) is 0. The summed E-state index contributed by atoms with van der Waals surface area (Å²) in [5.74, 6) is 1.86. The lowest BCUT2D eigenvalue weighted by atomic mass is 10.00. The number of rotatable bonds is 9. The van der Waals surface area contributed by atoms with Crippen LogP contribution in [-0.4, -0.2) is 30.8 Å². The third kappa shape index (κ3) is 5.65. The fourth-order valence-electron chi connectivity index (χ4n) is 2.49. The molecule has 118 valence electrons. The van der Waals surface area contributed by atoms with Crippen LogP contribution in [0.2, 0.25) is 0 Å². The van der Waals surface area contributed by atoms with E-state index in [4.69, 9.17) is 4.74 Å². The molecule has 0 amide bonds. The first-order valence-electron chi connectivity index (χ1n) is 8.20. The lowest BCUT2D eigenvalue weighted by Crippen LogP contribution is -2.32. The zero-order valence-corrected chi connectivity index (χ0v) is 14.4. The highest BCUT2D eigenvalue weighted by Crippen LogP contribution is 2.26. The molecule has 21 heavy (non-hydrogen) atoms. The minimum Gasteiger partial charge on any atom is -0.379 e. The fraction of sp³-hybridized carbons (Fsp3) is 0.667. The van der Waals surface area contributed by atoms with Crippen molar-refractivity contribution in [2.45, 2.75) is 44.9 Å². The van der Waals surface area contributed by atoms with E-state index in [0.717, 1.165) is 31.4 Å². The molecule has 0 aliphatic carbocycles. The second-order valence-corrected chi connectivity index (χ2v) is 7.67. The van der Waals surface area contributed by atoms with Crippen LogP contribution in [0, 0.1) is 5.92 Å². The maximum Gasteiger partial charge on any atom is 0.0607 e. The number of ether oxygens (including phenoxy) is 1. The molecule has 2 nitrogen and oxygen atoms in total. The molecule has 1 saturated heterocycles. The molecule has 0 aromatic heterocycles. The van der Waals surface area contributed by atoms with Crippen molar-refractivity contribution in [2.24, 2.45) is 5.92 Å². The number of nitrogens with one attached hydrogen (secondary N) is 1. The van der Waals surface area contributed by atoms with Crippen LogP contribution in [0.3, 0.4) is 0 Å². The van der Waals surface area contributed by atoms with Crippen molar-refractivity contribution >= 4 is 11.8 Å². The van der Waals surface area contributed by atoms with Crippen molar-refractivity contribution in [2.75, 3.05) is 25.5 Å². The van der Waals surface area contributed by atoms with Crippen LogP contribution in [0.15, 0.2) is 24.3 Å². The molecule has 0 spiro atoms. The average molecular weight is 308 g/mol. The summed E-state index contributed by atoms with van der Waals surface area (Å²) < 4.78 is 5.27. The van der Waals surface area contributed by atoms with Gasteiger partial charge in [-0.25, -0.2) is 0 Å². The first-order chi connectivity index (χ1) is 10.2. The topological polar surface area (TPSA) is 21.3 Å². The molecule has 1 unspecified atom stereocenters. The lowest BCUT2D eigenvalue weighted by molar-refractivity contribution is 0.0455. The summed E-state index contributed by atoms with van der Waals surface area (Å²) in [6.45, 7) is 9.72. The van der Waals surface area contributed by atoms with Gasteiger partial charge >= 0.3 is 0 Å². The van der Waals surface area contributed by atoms with Crippen LogP contribution < -0.4 is 5.32 Å². The van der Waals surface area contributed by atoms with Gasteiger partial charge in [-0.15, -0.1) is 0 Å². The predicted octanol–water partition coefficient (Wildman–Crippen LogP) is 4.06. The van der Waals surface area contributed by atoms with Gasteiger partial charge in [-0.2, -0.15) is 11.8 Å². The highest BCUT2D eigenvalue weighted by atomic mass is 32.2. The molecule has 1 aliphatic heterocycles. The summed E-state index contributed by atoms with van der Waals surface area (Å²) in [5, 5.41) is 4.39. The van der Waals surface area contributed by atoms with Crippen LogP contribution in [0.5, 0.6) is 0 Å². The van der Waals surface area contributed by atoms with E-state index in [9.17, 15) is 0 Å². The number of benzene rings is 1. The van der Waals surface area contributed by atoms with Crippen LogP contribution in [0.1, 0.15) is 44.4 Å². The number of hydrogen-bond donors (Lipinski definition) is 1. The van der Waals surface area contributed by atoms with Crippen LogP contribution >= 0.6 is 11.8 Å². The maximum atomic E-state index is 5.27. The van der Waals surface area contributed by atoms with Crippen molar-refractivity contribution < 1.29 is 4.74 Å². The van der Waals surface area contributed by atoms with Crippen molar-refractivity contribution in [3.63, 3.8) is 0 Å². The molecule has 1 aliphatic rings. The second kappa shape index (κ2) is 8.82. The SMILES string of the molecule is CCCNC(CSC1COC1)c1ccc(CC(C)C)cc1. The summed E-state index contributed by atoms with van der Waals surface area (Å²) in [5.41, 5.74) is 2.87. The van der Waals surface area contributed by atoms with Gasteiger partial charge in [0.05, 0.1) is 18.5 Å². The molecule has 0 bridgehead atoms. The maximum absolute atomic E-state index is 5.27. The Morgan fingerprint density at radius 1 is 1.24 bits per heavy atom. The summed E-state index contributed by atoms with van der Waals surface area (Å²) in [7, 11) is 0. The highest BCUT2D eigenvalue weighted by Gasteiger charge is 2.21. The first-order valence-corrected chi connectivity index (χ1v) is 9.25. The molecular weight excluding hydrogens is 278 g/mol. The van der Waals surface area contributed by atoms with Crippen LogP contribution in [0.25, 0.3) is 0 Å². The Morgan fingerprint density at radius 2 is 1.95 bits per heavy atom. The fourth-order valence-corrected chi connectivity index (χ4v) is 3.65. The van der Waals surface area contributed by atoms with E-state index in [2.05, 4.69) is 50.4 Å². The van der Waals surface area contributed by atoms with Gasteiger partial charge in [0, 0.05) is 11.8 Å². The van der Waals surface area contributed by atoms with E-state index in [-0.39, 0.29) is 0 Å². The first kappa shape index (κ1) is 16.9. The average Bonchev–Trinajstić information content (AvgIpc) is 2.41. The van der Waals surface area contributed by atoms with Gasteiger partial charge in [-0.3, -0.25) is 0 Å². The molecule has 1 aromatic rings. The zero-order chi connectivity index (χ0) is 15.1. The summed E-state index contributed by atoms with van der Waals surface area (Å²) in [6.07, 6.45) is 2.35. The summed E-state index contributed by atoms with van der Waals surface area (Å²) in [6, 6.07) is 9.68. The number of hydrogen-bond acceptors (Lipinski definition) is 3. The Hall–Kier alpha value is -0.510. The van der Waals surface area contributed by atoms with Gasteiger partial charge in [0.2, 0.25) is 0 Å². The lowest BCUT2D eigenvalue weighted by Gasteiger charge is -2.28. The van der Waals surface area contributed by atoms with Gasteiger partial charge < -0.3 is 10.1 Å². The normalized spacial score (nSPS) is 17.0. The quantitative estimate of drug-likeness (QED) is 0.743. The van der Waals surface area contributed by atoms with Gasteiger partial charge in [0.15, 0.2) is 0 Å². The van der Waals surface area contributed by atoms with Crippen LogP contribution in [0.4, 0.5) is 0 Å². The molecule has 0 radical (unpaired) electrons. The van der Waals surface area contributed by atoms with E-state index in [0.29, 0.717) is 11.3 Å². The molecule has 1 atom stereocenters. The van der Waals surface area contributed by atoms with E-state index in [1.807, 2.05) is 11.8 Å². The van der Waals surface area contributed by atoms with E-state index in [1.165, 1.54) is 24.0 Å². The molecule has 1 fully saturated rings. The second-order valence-electron chi connectivity index (χ2n) is 6.34. The predicted molar refractivity (Wildman–Crippen MR) is 93.1 cm³/mol. The van der Waals surface area contributed by atoms with Crippen molar-refractivity contribution in [1.82, 2.24) is 5.32 Å². The molecule has 3 heteroatoms. The third-order valence-corrected chi connectivity index (χ3v) is 5.04. The highest BCUT2D eigenvalue weighted by molar-refractivity contribution is 8.00. The molecule has 2 rings (SSSR count). The molecule has 1 N–H and O–H groups in total. The van der Waals surface area contributed by atoms with E-state index >= 15 is 0 Å². The van der Waals surface area contributed by atoms with Gasteiger partial charge in [-0.05, 0) is 36.4 Å². The minimum atomic E-state index is 0.462. The monoisotopic (exact) mass is 307 g/mol. The Kier molecular flexibility index (Phi) is 7.08. The van der Waals surface area contributed by atoms with Crippen LogP contribution in [-0.2, 0) is 11.2 Å². The standard InChI is InChI=1S/C18H29NOS/c1-4-9-19-18(13-21-17-11-20-12-17)16-7-5-15(6-8-16)10-14(2)3/h5-8,14,17-19H,4,9-13H2,1-3H3. The Morgan fingerprint density at radius 3 is 2.48 bits per heavy atom. The van der Waals surface area contributed by atoms with Gasteiger partial charge in [-0.1, -0.05) is 45.0 Å². The van der Waals surface area contributed by atoms with Crippen molar-refractivity contribution in [3.8, 4) is 0 Å². The third-order valence-electron chi connectivity index (χ3n) is 3.77. The van der Waals surface area contributed by atoms with Crippen molar-refractivity contribution in [3.05, 3.63) is 35.4 Å². The minimum absolute atomic E-state index is 0.462. The smallest absolute Gasteiger partial charge is 0.0607 e. The zero-order valence-electron chi connectivity index (χ0n) is 13.6. The molecule has 0 saturated carbocycles. The Balaban J connectivity index is 1.93. The largest absolute Gasteiger partial charge is 0.379 e. The molecule has 1 heterocycles. The number of thioether (sulfide) groups is 1. The van der Waals surface area contributed by atoms with E-state index < -0.39 is 0 Å². The summed E-state index contributed by atoms with van der Waals surface area (Å²) >= 11 is 2.04. The van der Waals surface area contributed by atoms with Crippen molar-refractivity contribution in [1.29, 1.82) is 0 Å². The molecule has 1 aromatic carbocycles. The van der Waals surface area contributed by atoms with Gasteiger partial charge in [0.1, 0.15) is 0 Å². The Labute approximate surface area is 134 Å². The Bertz CT molecular complexity index is 400. The molecular formula is C18H29NOS. The van der Waals surface area contributed by atoms with E-state index in [1.54, 1.807) is 0 Å².